The zero-order valence-corrected chi connectivity index (χ0v) is 13.1. The van der Waals surface area contributed by atoms with Crippen LogP contribution in [0.1, 0.15) is 39.0 Å². The van der Waals surface area contributed by atoms with E-state index in [4.69, 9.17) is 9.47 Å². The minimum atomic E-state index is -0.0688. The number of carbonyl (C=O) groups excluding carboxylic acids is 1. The van der Waals surface area contributed by atoms with Gasteiger partial charge in [0.15, 0.2) is 0 Å². The Morgan fingerprint density at radius 1 is 1.40 bits per heavy atom. The molecule has 0 aromatic rings. The van der Waals surface area contributed by atoms with Crippen LogP contribution in [0.25, 0.3) is 0 Å². The Bertz CT molecular complexity index is 353. The number of rotatable bonds is 5. The van der Waals surface area contributed by atoms with Gasteiger partial charge in [-0.05, 0) is 44.8 Å². The second kappa shape index (κ2) is 6.24. The van der Waals surface area contributed by atoms with Crippen molar-refractivity contribution >= 4 is 17.7 Å². The third-order valence-corrected chi connectivity index (χ3v) is 5.86. The first-order chi connectivity index (χ1) is 9.72. The van der Waals surface area contributed by atoms with E-state index in [9.17, 15) is 4.79 Å². The van der Waals surface area contributed by atoms with E-state index in [-0.39, 0.29) is 11.6 Å². The number of hydrogen-bond donors (Lipinski definition) is 0. The lowest BCUT2D eigenvalue weighted by Crippen LogP contribution is -2.51. The summed E-state index contributed by atoms with van der Waals surface area (Å²) in [5.41, 5.74) is 0.0926. The number of thioether (sulfide) groups is 1. The van der Waals surface area contributed by atoms with E-state index in [1.54, 1.807) is 0 Å². The van der Waals surface area contributed by atoms with Crippen LogP contribution in [0, 0.1) is 0 Å². The van der Waals surface area contributed by atoms with Gasteiger partial charge in [0.1, 0.15) is 0 Å². The van der Waals surface area contributed by atoms with E-state index in [0.717, 1.165) is 25.2 Å². The van der Waals surface area contributed by atoms with Crippen molar-refractivity contribution in [3.05, 3.63) is 0 Å². The first-order valence-electron chi connectivity index (χ1n) is 7.85. The Hall–Kier alpha value is -0.260. The fourth-order valence-corrected chi connectivity index (χ4v) is 4.84. The molecule has 0 bridgehead atoms. The molecule has 0 amide bonds. The molecular formula is C15H25NO3S. The molecule has 2 aliphatic heterocycles. The number of nitrogens with zero attached hydrogens (tertiary/aromatic N) is 1. The predicted octanol–water partition coefficient (Wildman–Crippen LogP) is 2.07. The van der Waals surface area contributed by atoms with Crippen molar-refractivity contribution in [2.24, 2.45) is 0 Å². The van der Waals surface area contributed by atoms with Crippen LogP contribution in [0.3, 0.4) is 0 Å². The molecule has 1 saturated carbocycles. The number of ether oxygens (including phenoxy) is 2. The highest BCUT2D eigenvalue weighted by Crippen LogP contribution is 2.41. The van der Waals surface area contributed by atoms with Crippen LogP contribution in [-0.2, 0) is 14.3 Å². The van der Waals surface area contributed by atoms with Gasteiger partial charge < -0.3 is 9.47 Å². The van der Waals surface area contributed by atoms with Crippen LogP contribution in [0.4, 0.5) is 0 Å². The van der Waals surface area contributed by atoms with Crippen LogP contribution >= 0.6 is 11.8 Å². The summed E-state index contributed by atoms with van der Waals surface area (Å²) >= 11 is 2.00. The Labute approximate surface area is 125 Å². The van der Waals surface area contributed by atoms with Gasteiger partial charge in [-0.2, -0.15) is 11.8 Å². The van der Waals surface area contributed by atoms with Crippen molar-refractivity contribution in [2.75, 3.05) is 31.3 Å². The number of esters is 1. The molecule has 3 aliphatic rings. The smallest absolute Gasteiger partial charge is 0.320 e. The molecule has 0 radical (unpaired) electrons. The molecule has 2 unspecified atom stereocenters. The molecule has 3 fully saturated rings. The summed E-state index contributed by atoms with van der Waals surface area (Å²) in [5, 5.41) is 0. The summed E-state index contributed by atoms with van der Waals surface area (Å²) in [6.45, 7) is 3.66. The highest BCUT2D eigenvalue weighted by molar-refractivity contribution is 7.99. The van der Waals surface area contributed by atoms with Crippen LogP contribution < -0.4 is 0 Å². The molecule has 0 N–H and O–H groups in total. The van der Waals surface area contributed by atoms with Crippen molar-refractivity contribution in [3.8, 4) is 0 Å². The average molecular weight is 299 g/mol. The lowest BCUT2D eigenvalue weighted by Gasteiger charge is -2.42. The molecule has 0 aromatic carbocycles. The summed E-state index contributed by atoms with van der Waals surface area (Å²) in [4.78, 5) is 14.2. The topological polar surface area (TPSA) is 38.8 Å². The first kappa shape index (κ1) is 14.7. The summed E-state index contributed by atoms with van der Waals surface area (Å²) in [5.74, 6) is 2.27. The van der Waals surface area contributed by atoms with Crippen molar-refractivity contribution < 1.29 is 14.3 Å². The maximum Gasteiger partial charge on any atom is 0.320 e. The molecule has 5 heteroatoms. The Balaban J connectivity index is 1.63. The highest BCUT2D eigenvalue weighted by atomic mass is 32.2. The van der Waals surface area contributed by atoms with Gasteiger partial charge in [0.25, 0.3) is 0 Å². The fourth-order valence-electron chi connectivity index (χ4n) is 3.47. The Morgan fingerprint density at radius 2 is 2.25 bits per heavy atom. The summed E-state index contributed by atoms with van der Waals surface area (Å²) in [6.07, 6.45) is 5.79. The van der Waals surface area contributed by atoms with E-state index in [1.165, 1.54) is 25.0 Å². The second-order valence-electron chi connectivity index (χ2n) is 6.19. The molecule has 0 aromatic heterocycles. The standard InChI is InChI=1S/C15H25NO3S/c1-2-18-14(17)10-16(12-3-4-12)13-5-7-19-15(9-13)6-8-20-11-15/h12-13H,2-11H2,1H3. The summed E-state index contributed by atoms with van der Waals surface area (Å²) < 4.78 is 11.2. The lowest BCUT2D eigenvalue weighted by atomic mass is 9.89. The average Bonchev–Trinajstić information content (AvgIpc) is 3.19. The van der Waals surface area contributed by atoms with Crippen LogP contribution in [-0.4, -0.2) is 59.8 Å². The van der Waals surface area contributed by atoms with Gasteiger partial charge in [0, 0.05) is 24.4 Å². The Kier molecular flexibility index (Phi) is 4.58. The van der Waals surface area contributed by atoms with E-state index >= 15 is 0 Å². The number of carbonyl (C=O) groups is 1. The second-order valence-corrected chi connectivity index (χ2v) is 7.29. The van der Waals surface area contributed by atoms with Gasteiger partial charge in [-0.1, -0.05) is 0 Å². The van der Waals surface area contributed by atoms with Crippen LogP contribution in [0.5, 0.6) is 0 Å². The summed E-state index contributed by atoms with van der Waals surface area (Å²) in [6, 6.07) is 1.10. The molecular weight excluding hydrogens is 274 g/mol. The first-order valence-corrected chi connectivity index (χ1v) is 9.01. The van der Waals surface area contributed by atoms with E-state index in [2.05, 4.69) is 4.90 Å². The summed E-state index contributed by atoms with van der Waals surface area (Å²) in [7, 11) is 0. The molecule has 4 nitrogen and oxygen atoms in total. The molecule has 2 heterocycles. The van der Waals surface area contributed by atoms with Gasteiger partial charge in [-0.3, -0.25) is 9.69 Å². The maximum atomic E-state index is 11.8. The van der Waals surface area contributed by atoms with Crippen molar-refractivity contribution in [1.82, 2.24) is 4.90 Å². The van der Waals surface area contributed by atoms with Gasteiger partial charge in [0.05, 0.1) is 18.8 Å². The van der Waals surface area contributed by atoms with Gasteiger partial charge in [-0.25, -0.2) is 0 Å². The van der Waals surface area contributed by atoms with Gasteiger partial charge in [-0.15, -0.1) is 0 Å². The Morgan fingerprint density at radius 3 is 2.90 bits per heavy atom. The van der Waals surface area contributed by atoms with Crippen molar-refractivity contribution in [2.45, 2.75) is 56.7 Å². The van der Waals surface area contributed by atoms with E-state index < -0.39 is 0 Å². The molecule has 114 valence electrons. The van der Waals surface area contributed by atoms with Crippen molar-refractivity contribution in [1.29, 1.82) is 0 Å². The fraction of sp³-hybridized carbons (Fsp3) is 0.933. The third-order valence-electron chi connectivity index (χ3n) is 4.64. The van der Waals surface area contributed by atoms with E-state index in [0.29, 0.717) is 25.2 Å². The third kappa shape index (κ3) is 3.31. The highest BCUT2D eigenvalue weighted by Gasteiger charge is 2.45. The maximum absolute atomic E-state index is 11.8. The largest absolute Gasteiger partial charge is 0.465 e. The monoisotopic (exact) mass is 299 g/mol. The number of hydrogen-bond acceptors (Lipinski definition) is 5. The molecule has 3 rings (SSSR count). The van der Waals surface area contributed by atoms with Crippen LogP contribution in [0.2, 0.25) is 0 Å². The van der Waals surface area contributed by atoms with E-state index in [1.807, 2.05) is 18.7 Å². The SMILES string of the molecule is CCOC(=O)CN(C1CC1)C1CCOC2(CCSC2)C1. The molecule has 2 atom stereocenters. The van der Waals surface area contributed by atoms with Gasteiger partial charge >= 0.3 is 5.97 Å². The van der Waals surface area contributed by atoms with Crippen molar-refractivity contribution in [3.63, 3.8) is 0 Å². The quantitative estimate of drug-likeness (QED) is 0.727. The molecule has 2 saturated heterocycles. The zero-order valence-electron chi connectivity index (χ0n) is 12.3. The normalized spacial score (nSPS) is 33.8. The minimum absolute atomic E-state index is 0.0688. The predicted molar refractivity (Wildman–Crippen MR) is 80.0 cm³/mol. The molecule has 20 heavy (non-hydrogen) atoms. The molecule has 1 aliphatic carbocycles. The molecule has 1 spiro atoms. The van der Waals surface area contributed by atoms with Gasteiger partial charge in [0.2, 0.25) is 0 Å². The zero-order chi connectivity index (χ0) is 14.0. The lowest BCUT2D eigenvalue weighted by molar-refractivity contribution is -0.147. The minimum Gasteiger partial charge on any atom is -0.465 e. The van der Waals surface area contributed by atoms with Crippen LogP contribution in [0.15, 0.2) is 0 Å².